The van der Waals surface area contributed by atoms with Crippen LogP contribution in [0.2, 0.25) is 0 Å². The summed E-state index contributed by atoms with van der Waals surface area (Å²) in [5.74, 6) is -0.371. The second-order valence-corrected chi connectivity index (χ2v) is 7.36. The van der Waals surface area contributed by atoms with Gasteiger partial charge in [-0.25, -0.2) is 8.42 Å². The van der Waals surface area contributed by atoms with E-state index < -0.39 is 15.7 Å². The maximum atomic E-state index is 12.6. The minimum absolute atomic E-state index is 0.0306. The van der Waals surface area contributed by atoms with E-state index in [9.17, 15) is 13.2 Å². The van der Waals surface area contributed by atoms with Crippen LogP contribution in [0.5, 0.6) is 0 Å². The minimum atomic E-state index is -3.45. The van der Waals surface area contributed by atoms with Crippen molar-refractivity contribution in [1.29, 1.82) is 0 Å². The molecular formula is C18H21NO3S. The Kier molecular flexibility index (Phi) is 5.55. The van der Waals surface area contributed by atoms with Crippen molar-refractivity contribution in [3.63, 3.8) is 0 Å². The van der Waals surface area contributed by atoms with Crippen LogP contribution >= 0.6 is 0 Å². The molecule has 4 nitrogen and oxygen atoms in total. The molecule has 2 aromatic carbocycles. The number of hydrogen-bond acceptors (Lipinski definition) is 3. The Morgan fingerprint density at radius 1 is 1.00 bits per heavy atom. The van der Waals surface area contributed by atoms with Crippen LogP contribution in [-0.4, -0.2) is 20.1 Å². The fourth-order valence-electron chi connectivity index (χ4n) is 2.44. The van der Waals surface area contributed by atoms with Crippen LogP contribution < -0.4 is 5.32 Å². The molecule has 0 bridgehead atoms. The van der Waals surface area contributed by atoms with Crippen molar-refractivity contribution in [1.82, 2.24) is 0 Å². The van der Waals surface area contributed by atoms with Crippen LogP contribution in [0.1, 0.15) is 36.2 Å². The van der Waals surface area contributed by atoms with Crippen LogP contribution in [0, 0.1) is 0 Å². The van der Waals surface area contributed by atoms with Gasteiger partial charge in [0.15, 0.2) is 9.84 Å². The van der Waals surface area contributed by atoms with E-state index >= 15 is 0 Å². The molecule has 2 aromatic rings. The number of amides is 1. The molecule has 1 N–H and O–H groups in total. The monoisotopic (exact) mass is 331 g/mol. The Morgan fingerprint density at radius 3 is 2.35 bits per heavy atom. The molecule has 0 aliphatic carbocycles. The van der Waals surface area contributed by atoms with Gasteiger partial charge in [-0.1, -0.05) is 44.2 Å². The van der Waals surface area contributed by atoms with Gasteiger partial charge in [0.2, 0.25) is 0 Å². The lowest BCUT2D eigenvalue weighted by Gasteiger charge is -2.12. The van der Waals surface area contributed by atoms with E-state index in [1.54, 1.807) is 25.1 Å². The van der Waals surface area contributed by atoms with Crippen molar-refractivity contribution < 1.29 is 13.2 Å². The highest BCUT2D eigenvalue weighted by atomic mass is 32.2. The van der Waals surface area contributed by atoms with Crippen molar-refractivity contribution in [3.05, 3.63) is 59.7 Å². The lowest BCUT2D eigenvalue weighted by molar-refractivity contribution is 0.102. The van der Waals surface area contributed by atoms with E-state index in [0.29, 0.717) is 12.1 Å². The van der Waals surface area contributed by atoms with Crippen molar-refractivity contribution in [2.45, 2.75) is 31.6 Å². The highest BCUT2D eigenvalue weighted by Gasteiger charge is 2.21. The molecule has 23 heavy (non-hydrogen) atoms. The molecule has 5 heteroatoms. The number of sulfone groups is 1. The van der Waals surface area contributed by atoms with E-state index in [2.05, 4.69) is 5.32 Å². The Morgan fingerprint density at radius 2 is 1.65 bits per heavy atom. The van der Waals surface area contributed by atoms with E-state index in [4.69, 9.17) is 0 Å². The third-order valence-electron chi connectivity index (χ3n) is 3.59. The summed E-state index contributed by atoms with van der Waals surface area (Å²) in [7, 11) is -3.45. The first-order valence-corrected chi connectivity index (χ1v) is 9.35. The summed E-state index contributed by atoms with van der Waals surface area (Å²) in [5, 5.41) is 2.83. The number of aryl methyl sites for hydroxylation is 1. The molecule has 2 rings (SSSR count). The molecule has 0 radical (unpaired) electrons. The number of para-hydroxylation sites is 1. The van der Waals surface area contributed by atoms with Crippen LogP contribution in [0.15, 0.2) is 53.4 Å². The molecule has 0 saturated carbocycles. The second kappa shape index (κ2) is 7.42. The number of carbonyl (C=O) groups is 1. The highest BCUT2D eigenvalue weighted by molar-refractivity contribution is 7.91. The van der Waals surface area contributed by atoms with Gasteiger partial charge in [-0.05, 0) is 36.6 Å². The number of hydrogen-bond donors (Lipinski definition) is 1. The topological polar surface area (TPSA) is 63.2 Å². The molecule has 122 valence electrons. The predicted octanol–water partition coefficient (Wildman–Crippen LogP) is 3.69. The molecule has 0 heterocycles. The summed E-state index contributed by atoms with van der Waals surface area (Å²) >= 11 is 0. The number of benzene rings is 2. The molecule has 0 aliphatic heterocycles. The van der Waals surface area contributed by atoms with Gasteiger partial charge in [-0.2, -0.15) is 0 Å². The Labute approximate surface area is 137 Å². The molecule has 0 spiro atoms. The zero-order valence-electron chi connectivity index (χ0n) is 13.4. The van der Waals surface area contributed by atoms with Crippen molar-refractivity contribution in [3.8, 4) is 0 Å². The fraction of sp³-hybridized carbons (Fsp3) is 0.278. The van der Waals surface area contributed by atoms with Gasteiger partial charge in [-0.15, -0.1) is 0 Å². The van der Waals surface area contributed by atoms with Crippen LogP contribution in [0.3, 0.4) is 0 Å². The van der Waals surface area contributed by atoms with Gasteiger partial charge < -0.3 is 5.32 Å². The lowest BCUT2D eigenvalue weighted by Crippen LogP contribution is -2.18. The zero-order valence-corrected chi connectivity index (χ0v) is 14.2. The minimum Gasteiger partial charge on any atom is -0.322 e. The zero-order chi connectivity index (χ0) is 16.9. The van der Waals surface area contributed by atoms with Crippen LogP contribution in [-0.2, 0) is 16.3 Å². The normalized spacial score (nSPS) is 11.2. The molecular weight excluding hydrogens is 310 g/mol. The fourth-order valence-corrected chi connectivity index (χ4v) is 3.98. The summed E-state index contributed by atoms with van der Waals surface area (Å²) in [6.07, 6.45) is 1.29. The van der Waals surface area contributed by atoms with Gasteiger partial charge in [0, 0.05) is 5.69 Å². The van der Waals surface area contributed by atoms with Crippen molar-refractivity contribution in [2.75, 3.05) is 11.1 Å². The Bertz CT molecular complexity index is 797. The van der Waals surface area contributed by atoms with Gasteiger partial charge in [0.1, 0.15) is 0 Å². The molecule has 0 atom stereocenters. The van der Waals surface area contributed by atoms with E-state index in [1.807, 2.05) is 31.2 Å². The third-order valence-corrected chi connectivity index (χ3v) is 5.56. The SMILES string of the molecule is CCCS(=O)(=O)c1ccccc1C(=O)Nc1ccccc1CC. The predicted molar refractivity (Wildman–Crippen MR) is 92.6 cm³/mol. The third kappa shape index (κ3) is 3.99. The number of carbonyl (C=O) groups excluding carboxylic acids is 1. The standard InChI is InChI=1S/C18H21NO3S/c1-3-13-23(21,22)17-12-8-6-10-15(17)18(20)19-16-11-7-5-9-14(16)4-2/h5-12H,3-4,13H2,1-2H3,(H,19,20). The van der Waals surface area contributed by atoms with Gasteiger partial charge in [0.05, 0.1) is 16.2 Å². The van der Waals surface area contributed by atoms with Crippen molar-refractivity contribution in [2.24, 2.45) is 0 Å². The molecule has 0 unspecified atom stereocenters. The van der Waals surface area contributed by atoms with Gasteiger partial charge >= 0.3 is 0 Å². The van der Waals surface area contributed by atoms with Gasteiger partial charge in [-0.3, -0.25) is 4.79 Å². The smallest absolute Gasteiger partial charge is 0.256 e. The summed E-state index contributed by atoms with van der Waals surface area (Å²) in [6.45, 7) is 3.81. The molecule has 0 aliphatic rings. The van der Waals surface area contributed by atoms with Gasteiger partial charge in [0.25, 0.3) is 5.91 Å². The molecule has 1 amide bonds. The lowest BCUT2D eigenvalue weighted by atomic mass is 10.1. The average molecular weight is 331 g/mol. The molecule has 0 fully saturated rings. The Balaban J connectivity index is 2.37. The first-order chi connectivity index (χ1) is 11.0. The summed E-state index contributed by atoms with van der Waals surface area (Å²) in [5.41, 5.74) is 1.91. The van der Waals surface area contributed by atoms with Crippen LogP contribution in [0.4, 0.5) is 5.69 Å². The quantitative estimate of drug-likeness (QED) is 0.878. The second-order valence-electron chi connectivity index (χ2n) is 5.28. The maximum Gasteiger partial charge on any atom is 0.256 e. The first kappa shape index (κ1) is 17.2. The number of anilines is 1. The van der Waals surface area contributed by atoms with E-state index in [1.165, 1.54) is 6.07 Å². The molecule has 0 aromatic heterocycles. The van der Waals surface area contributed by atoms with Crippen molar-refractivity contribution >= 4 is 21.4 Å². The summed E-state index contributed by atoms with van der Waals surface area (Å²) in [6, 6.07) is 13.9. The average Bonchev–Trinajstić information content (AvgIpc) is 2.55. The summed E-state index contributed by atoms with van der Waals surface area (Å²) < 4.78 is 24.7. The van der Waals surface area contributed by atoms with E-state index in [0.717, 1.165) is 12.0 Å². The number of rotatable bonds is 6. The number of nitrogens with one attached hydrogen (secondary N) is 1. The van der Waals surface area contributed by atoms with Crippen LogP contribution in [0.25, 0.3) is 0 Å². The maximum absolute atomic E-state index is 12.6. The van der Waals surface area contributed by atoms with E-state index in [-0.39, 0.29) is 16.2 Å². The Hall–Kier alpha value is -2.14. The summed E-state index contributed by atoms with van der Waals surface area (Å²) in [4.78, 5) is 12.7. The molecule has 0 saturated heterocycles. The highest BCUT2D eigenvalue weighted by Crippen LogP contribution is 2.21. The largest absolute Gasteiger partial charge is 0.322 e. The first-order valence-electron chi connectivity index (χ1n) is 7.70.